The van der Waals surface area contributed by atoms with Crippen molar-refractivity contribution in [1.29, 1.82) is 0 Å². The number of nitrogens with zero attached hydrogens (tertiary/aromatic N) is 3. The number of carbonyl (C=O) groups is 2. The first-order chi connectivity index (χ1) is 14.5. The zero-order chi connectivity index (χ0) is 21.4. The van der Waals surface area contributed by atoms with Crippen LogP contribution in [0.3, 0.4) is 0 Å². The lowest BCUT2D eigenvalue weighted by atomic mass is 9.87. The van der Waals surface area contributed by atoms with Gasteiger partial charge in [0.25, 0.3) is 0 Å². The number of hydrogen-bond acceptors (Lipinski definition) is 6. The Morgan fingerprint density at radius 3 is 2.83 bits per heavy atom. The molecule has 1 aromatic carbocycles. The number of amides is 2. The molecule has 0 radical (unpaired) electrons. The largest absolute Gasteiger partial charge is 0.379 e. The molecule has 0 saturated carbocycles. The average Bonchev–Trinajstić information content (AvgIpc) is 3.12. The predicted octanol–water partition coefficient (Wildman–Crippen LogP) is 1.64. The summed E-state index contributed by atoms with van der Waals surface area (Å²) in [5.41, 5.74) is 16.3. The maximum atomic E-state index is 12.3. The normalized spacial score (nSPS) is 19.3. The minimum atomic E-state index is -1.07. The van der Waals surface area contributed by atoms with Gasteiger partial charge in [0, 0.05) is 30.2 Å². The van der Waals surface area contributed by atoms with Gasteiger partial charge >= 0.3 is 0 Å². The van der Waals surface area contributed by atoms with E-state index in [2.05, 4.69) is 20.7 Å². The van der Waals surface area contributed by atoms with Crippen molar-refractivity contribution >= 4 is 23.1 Å². The molecule has 0 aliphatic carbocycles. The van der Waals surface area contributed by atoms with E-state index in [9.17, 15) is 9.59 Å². The molecular formula is C20H24N6O4. The molecule has 2 heterocycles. The number of primary amides is 1. The molecule has 158 valence electrons. The molecule has 4 N–H and O–H groups in total. The Morgan fingerprint density at radius 2 is 2.07 bits per heavy atom. The second-order valence-corrected chi connectivity index (χ2v) is 6.94. The van der Waals surface area contributed by atoms with Crippen LogP contribution in [0.4, 0.5) is 5.69 Å². The summed E-state index contributed by atoms with van der Waals surface area (Å²) < 4.78 is 10.8. The molecule has 3 rings (SSSR count). The summed E-state index contributed by atoms with van der Waals surface area (Å²) in [7, 11) is 0. The van der Waals surface area contributed by atoms with Gasteiger partial charge < -0.3 is 25.8 Å². The van der Waals surface area contributed by atoms with Gasteiger partial charge in [0.05, 0.1) is 26.2 Å². The van der Waals surface area contributed by atoms with E-state index in [1.807, 2.05) is 24.3 Å². The minimum absolute atomic E-state index is 0.0256. The van der Waals surface area contributed by atoms with Crippen molar-refractivity contribution in [2.75, 3.05) is 38.3 Å². The van der Waals surface area contributed by atoms with Crippen LogP contribution in [-0.2, 0) is 25.5 Å². The molecule has 2 amide bonds. The number of allylic oxidation sites excluding steroid dienone is 2. The Labute approximate surface area is 173 Å². The summed E-state index contributed by atoms with van der Waals surface area (Å²) in [6.45, 7) is 1.62. The molecular weight excluding hydrogens is 388 g/mol. The van der Waals surface area contributed by atoms with Gasteiger partial charge in [-0.2, -0.15) is 0 Å². The molecule has 1 atom stereocenters. The van der Waals surface area contributed by atoms with Gasteiger partial charge in [-0.05, 0) is 46.6 Å². The Hall–Kier alpha value is -3.33. The molecule has 0 spiro atoms. The average molecular weight is 412 g/mol. The topological polar surface area (TPSA) is 151 Å². The number of ether oxygens (including phenoxy) is 2. The third-order valence-corrected chi connectivity index (χ3v) is 4.93. The standard InChI is InChI=1S/C20H24N6O4/c21-19(28)20(4-7-29-9-10-30-8-6-24-26-22)13-16(3-5-23-20)14-1-2-15-12-18(27)25-17(15)11-14/h1-3,5,11,13,23H,4,6-10,12H2,(H2,21,28)(H,25,27). The van der Waals surface area contributed by atoms with Crippen molar-refractivity contribution in [3.63, 3.8) is 0 Å². The van der Waals surface area contributed by atoms with E-state index in [1.54, 1.807) is 12.3 Å². The van der Waals surface area contributed by atoms with E-state index >= 15 is 0 Å². The van der Waals surface area contributed by atoms with Crippen LogP contribution in [0.5, 0.6) is 0 Å². The van der Waals surface area contributed by atoms with Crippen LogP contribution >= 0.6 is 0 Å². The fraction of sp³-hybridized carbons (Fsp3) is 0.400. The van der Waals surface area contributed by atoms with E-state index < -0.39 is 11.4 Å². The predicted molar refractivity (Wildman–Crippen MR) is 111 cm³/mol. The van der Waals surface area contributed by atoms with Crippen molar-refractivity contribution in [3.05, 3.63) is 58.1 Å². The van der Waals surface area contributed by atoms with E-state index in [0.717, 1.165) is 22.4 Å². The first-order valence-corrected chi connectivity index (χ1v) is 9.60. The monoisotopic (exact) mass is 412 g/mol. The number of nitrogens with two attached hydrogens (primary N) is 1. The molecule has 0 saturated heterocycles. The summed E-state index contributed by atoms with van der Waals surface area (Å²) in [4.78, 5) is 26.5. The SMILES string of the molecule is [N-]=[N+]=NCCOCCOCCC1(C(N)=O)C=C(c2ccc3c(c2)NC(=O)C3)C=CN1. The van der Waals surface area contributed by atoms with Gasteiger partial charge in [-0.1, -0.05) is 17.2 Å². The number of rotatable bonds is 11. The number of azide groups is 1. The summed E-state index contributed by atoms with van der Waals surface area (Å²) in [5.74, 6) is -0.532. The van der Waals surface area contributed by atoms with Crippen LogP contribution in [0.2, 0.25) is 0 Å². The molecule has 1 aromatic rings. The van der Waals surface area contributed by atoms with Crippen molar-refractivity contribution in [2.45, 2.75) is 18.4 Å². The first-order valence-electron chi connectivity index (χ1n) is 9.60. The molecule has 0 bridgehead atoms. The second kappa shape index (κ2) is 9.93. The third kappa shape index (κ3) is 5.18. The van der Waals surface area contributed by atoms with Crippen LogP contribution in [-0.4, -0.2) is 50.3 Å². The van der Waals surface area contributed by atoms with Gasteiger partial charge in [-0.3, -0.25) is 9.59 Å². The molecule has 0 aromatic heterocycles. The summed E-state index contributed by atoms with van der Waals surface area (Å²) in [6, 6.07) is 5.74. The van der Waals surface area contributed by atoms with Crippen molar-refractivity contribution < 1.29 is 19.1 Å². The van der Waals surface area contributed by atoms with Gasteiger partial charge in [-0.15, -0.1) is 0 Å². The van der Waals surface area contributed by atoms with Crippen LogP contribution in [0, 0.1) is 0 Å². The molecule has 10 nitrogen and oxygen atoms in total. The number of fused-ring (bicyclic) bond motifs is 1. The lowest BCUT2D eigenvalue weighted by molar-refractivity contribution is -0.123. The number of carbonyl (C=O) groups excluding carboxylic acids is 2. The maximum absolute atomic E-state index is 12.3. The molecule has 1 unspecified atom stereocenters. The van der Waals surface area contributed by atoms with Crippen LogP contribution in [0.25, 0.3) is 16.0 Å². The fourth-order valence-corrected chi connectivity index (χ4v) is 3.32. The Morgan fingerprint density at radius 1 is 1.27 bits per heavy atom. The molecule has 0 fully saturated rings. The highest BCUT2D eigenvalue weighted by Crippen LogP contribution is 2.31. The van der Waals surface area contributed by atoms with Crippen LogP contribution in [0.1, 0.15) is 17.5 Å². The van der Waals surface area contributed by atoms with E-state index in [-0.39, 0.29) is 12.5 Å². The van der Waals surface area contributed by atoms with Crippen molar-refractivity contribution in [1.82, 2.24) is 5.32 Å². The Bertz CT molecular complexity index is 922. The van der Waals surface area contributed by atoms with Gasteiger partial charge in [0.15, 0.2) is 0 Å². The molecule has 10 heteroatoms. The second-order valence-electron chi connectivity index (χ2n) is 6.94. The lowest BCUT2D eigenvalue weighted by Gasteiger charge is -2.31. The highest BCUT2D eigenvalue weighted by molar-refractivity contribution is 6.00. The summed E-state index contributed by atoms with van der Waals surface area (Å²) >= 11 is 0. The third-order valence-electron chi connectivity index (χ3n) is 4.93. The van der Waals surface area contributed by atoms with Gasteiger partial charge in [-0.25, -0.2) is 0 Å². The van der Waals surface area contributed by atoms with Gasteiger partial charge in [0.1, 0.15) is 5.54 Å². The molecule has 30 heavy (non-hydrogen) atoms. The Balaban J connectivity index is 1.59. The van der Waals surface area contributed by atoms with E-state index in [4.69, 9.17) is 20.7 Å². The number of nitrogens with one attached hydrogen (secondary N) is 2. The summed E-state index contributed by atoms with van der Waals surface area (Å²) in [6.07, 6.45) is 6.08. The highest BCUT2D eigenvalue weighted by atomic mass is 16.5. The van der Waals surface area contributed by atoms with Crippen LogP contribution < -0.4 is 16.4 Å². The zero-order valence-corrected chi connectivity index (χ0v) is 16.5. The minimum Gasteiger partial charge on any atom is -0.379 e. The smallest absolute Gasteiger partial charge is 0.247 e. The number of dihydropyridines is 1. The van der Waals surface area contributed by atoms with E-state index in [1.165, 1.54) is 0 Å². The lowest BCUT2D eigenvalue weighted by Crippen LogP contribution is -2.53. The highest BCUT2D eigenvalue weighted by Gasteiger charge is 2.35. The Kier molecular flexibility index (Phi) is 7.08. The van der Waals surface area contributed by atoms with Crippen molar-refractivity contribution in [2.24, 2.45) is 10.8 Å². The van der Waals surface area contributed by atoms with E-state index in [0.29, 0.717) is 39.3 Å². The quantitative estimate of drug-likeness (QED) is 0.218. The number of hydrogen-bond donors (Lipinski definition) is 3. The maximum Gasteiger partial charge on any atom is 0.247 e. The molecule has 2 aliphatic rings. The molecule has 2 aliphatic heterocycles. The number of benzene rings is 1. The fourth-order valence-electron chi connectivity index (χ4n) is 3.32. The number of anilines is 1. The van der Waals surface area contributed by atoms with Crippen molar-refractivity contribution in [3.8, 4) is 0 Å². The summed E-state index contributed by atoms with van der Waals surface area (Å²) in [5, 5.41) is 9.27. The van der Waals surface area contributed by atoms with Crippen LogP contribution in [0.15, 0.2) is 41.7 Å². The first kappa shape index (κ1) is 21.4. The zero-order valence-electron chi connectivity index (χ0n) is 16.5. The van der Waals surface area contributed by atoms with Gasteiger partial charge in [0.2, 0.25) is 11.8 Å².